The van der Waals surface area contributed by atoms with Crippen LogP contribution in [0.3, 0.4) is 0 Å². The maximum atomic E-state index is 12.3. The Labute approximate surface area is 144 Å². The molecule has 1 aromatic carbocycles. The number of rotatable bonds is 5. The van der Waals surface area contributed by atoms with Crippen LogP contribution in [0.4, 0.5) is 5.69 Å². The van der Waals surface area contributed by atoms with Gasteiger partial charge in [0.05, 0.1) is 13.1 Å². The van der Waals surface area contributed by atoms with Gasteiger partial charge < -0.3 is 21.3 Å². The molecule has 1 aromatic rings. The van der Waals surface area contributed by atoms with Gasteiger partial charge in [-0.05, 0) is 30.7 Å². The third-order valence-electron chi connectivity index (χ3n) is 3.31. The summed E-state index contributed by atoms with van der Waals surface area (Å²) in [6.07, 6.45) is 0.512. The number of anilines is 1. The summed E-state index contributed by atoms with van der Waals surface area (Å²) in [5, 5.41) is 5.56. The maximum Gasteiger partial charge on any atom is 0.249 e. The van der Waals surface area contributed by atoms with E-state index in [2.05, 4.69) is 10.6 Å². The third kappa shape index (κ3) is 5.09. The van der Waals surface area contributed by atoms with E-state index in [1.165, 1.54) is 0 Å². The molecule has 0 bridgehead atoms. The van der Waals surface area contributed by atoms with E-state index in [4.69, 9.17) is 17.3 Å². The van der Waals surface area contributed by atoms with Crippen LogP contribution < -0.4 is 21.3 Å². The van der Waals surface area contributed by atoms with Crippen LogP contribution in [0, 0.1) is 0 Å². The molecule has 0 saturated carbocycles. The number of carbonyl (C=O) groups is 3. The minimum atomic E-state index is -0.585. The summed E-state index contributed by atoms with van der Waals surface area (Å²) in [6.45, 7) is 0.140. The summed E-state index contributed by atoms with van der Waals surface area (Å²) < 4.78 is 0. The van der Waals surface area contributed by atoms with Crippen LogP contribution in [0.5, 0.6) is 0 Å². The number of hydrogen-bond donors (Lipinski definition) is 3. The Bertz CT molecular complexity index is 580. The van der Waals surface area contributed by atoms with Gasteiger partial charge in [-0.2, -0.15) is 0 Å². The predicted molar refractivity (Wildman–Crippen MR) is 89.7 cm³/mol. The highest BCUT2D eigenvalue weighted by molar-refractivity contribution is 6.30. The zero-order valence-corrected chi connectivity index (χ0v) is 13.8. The molecule has 1 saturated heterocycles. The molecule has 9 heteroatoms. The van der Waals surface area contributed by atoms with Crippen molar-refractivity contribution in [2.45, 2.75) is 12.5 Å². The molecule has 23 heavy (non-hydrogen) atoms. The van der Waals surface area contributed by atoms with Gasteiger partial charge in [0, 0.05) is 17.3 Å². The summed E-state index contributed by atoms with van der Waals surface area (Å²) in [5.74, 6) is -1.02. The first-order chi connectivity index (χ1) is 10.5. The zero-order valence-electron chi connectivity index (χ0n) is 12.3. The average molecular weight is 361 g/mol. The van der Waals surface area contributed by atoms with E-state index in [-0.39, 0.29) is 31.4 Å². The first-order valence-electron chi connectivity index (χ1n) is 6.84. The number of halogens is 2. The standard InChI is InChI=1S/C14H17ClN4O3.ClH/c15-9-1-3-10(4-2-9)19-6-5-11(14(19)22)18-13(21)8-17-12(20)7-16;/h1-4,11H,5-8,16H2,(H,17,20)(H,18,21);1H. The molecule has 1 atom stereocenters. The lowest BCUT2D eigenvalue weighted by molar-refractivity contribution is -0.127. The molecule has 0 spiro atoms. The minimum Gasteiger partial charge on any atom is -0.346 e. The molecule has 1 fully saturated rings. The van der Waals surface area contributed by atoms with Crippen molar-refractivity contribution in [2.24, 2.45) is 5.73 Å². The van der Waals surface area contributed by atoms with E-state index >= 15 is 0 Å². The van der Waals surface area contributed by atoms with Crippen molar-refractivity contribution in [3.8, 4) is 0 Å². The van der Waals surface area contributed by atoms with Gasteiger partial charge in [0.25, 0.3) is 0 Å². The van der Waals surface area contributed by atoms with Crippen LogP contribution in [-0.2, 0) is 14.4 Å². The summed E-state index contributed by atoms with van der Waals surface area (Å²) in [7, 11) is 0. The fraction of sp³-hybridized carbons (Fsp3) is 0.357. The maximum absolute atomic E-state index is 12.3. The lowest BCUT2D eigenvalue weighted by Gasteiger charge is -2.17. The Kier molecular flexibility index (Phi) is 7.28. The molecule has 3 amide bonds. The lowest BCUT2D eigenvalue weighted by atomic mass is 10.2. The van der Waals surface area contributed by atoms with Gasteiger partial charge in [-0.1, -0.05) is 11.6 Å². The molecular weight excluding hydrogens is 343 g/mol. The number of amides is 3. The van der Waals surface area contributed by atoms with Crippen molar-refractivity contribution in [2.75, 3.05) is 24.5 Å². The normalized spacial score (nSPS) is 16.7. The largest absolute Gasteiger partial charge is 0.346 e. The Morgan fingerprint density at radius 3 is 2.52 bits per heavy atom. The van der Waals surface area contributed by atoms with Crippen molar-refractivity contribution >= 4 is 47.4 Å². The minimum absolute atomic E-state index is 0. The van der Waals surface area contributed by atoms with E-state index < -0.39 is 17.9 Å². The van der Waals surface area contributed by atoms with Crippen molar-refractivity contribution < 1.29 is 14.4 Å². The van der Waals surface area contributed by atoms with Crippen LogP contribution >= 0.6 is 24.0 Å². The van der Waals surface area contributed by atoms with Crippen molar-refractivity contribution in [1.82, 2.24) is 10.6 Å². The van der Waals surface area contributed by atoms with Crippen LogP contribution in [0.25, 0.3) is 0 Å². The number of hydrogen-bond acceptors (Lipinski definition) is 4. The van der Waals surface area contributed by atoms with Crippen LogP contribution in [0.1, 0.15) is 6.42 Å². The van der Waals surface area contributed by atoms with Crippen molar-refractivity contribution in [1.29, 1.82) is 0 Å². The van der Waals surface area contributed by atoms with Crippen molar-refractivity contribution in [3.05, 3.63) is 29.3 Å². The molecular formula is C14H18Cl2N4O3. The van der Waals surface area contributed by atoms with Gasteiger partial charge in [-0.15, -0.1) is 12.4 Å². The first kappa shape index (κ1) is 19.2. The topological polar surface area (TPSA) is 105 Å². The van der Waals surface area contributed by atoms with E-state index in [0.717, 1.165) is 5.69 Å². The average Bonchev–Trinajstić information content (AvgIpc) is 2.87. The predicted octanol–water partition coefficient (Wildman–Crippen LogP) is 0.0582. The second kappa shape index (κ2) is 8.71. The van der Waals surface area contributed by atoms with Gasteiger partial charge in [0.15, 0.2) is 0 Å². The molecule has 1 aliphatic heterocycles. The molecule has 126 valence electrons. The molecule has 1 unspecified atom stereocenters. The van der Waals surface area contributed by atoms with E-state index in [9.17, 15) is 14.4 Å². The number of nitrogens with one attached hydrogen (secondary N) is 2. The fourth-order valence-electron chi connectivity index (χ4n) is 2.19. The van der Waals surface area contributed by atoms with E-state index in [1.807, 2.05) is 0 Å². The van der Waals surface area contributed by atoms with Crippen LogP contribution in [-0.4, -0.2) is 43.4 Å². The van der Waals surface area contributed by atoms with Gasteiger partial charge in [0.1, 0.15) is 6.04 Å². The molecule has 4 N–H and O–H groups in total. The Morgan fingerprint density at radius 1 is 1.26 bits per heavy atom. The fourth-order valence-corrected chi connectivity index (χ4v) is 2.31. The number of nitrogens with two attached hydrogens (primary N) is 1. The third-order valence-corrected chi connectivity index (χ3v) is 3.56. The van der Waals surface area contributed by atoms with Crippen LogP contribution in [0.15, 0.2) is 24.3 Å². The number of nitrogens with zero attached hydrogens (tertiary/aromatic N) is 1. The summed E-state index contributed by atoms with van der Waals surface area (Å²) in [5.41, 5.74) is 5.86. The monoisotopic (exact) mass is 360 g/mol. The number of benzene rings is 1. The Hall–Kier alpha value is -1.83. The molecule has 0 radical (unpaired) electrons. The first-order valence-corrected chi connectivity index (χ1v) is 7.22. The quantitative estimate of drug-likeness (QED) is 0.690. The molecule has 0 aromatic heterocycles. The summed E-state index contributed by atoms with van der Waals surface area (Å²) >= 11 is 5.82. The van der Waals surface area contributed by atoms with Gasteiger partial charge in [-0.3, -0.25) is 14.4 Å². The number of carbonyl (C=O) groups excluding carboxylic acids is 3. The highest BCUT2D eigenvalue weighted by atomic mass is 35.5. The Morgan fingerprint density at radius 2 is 1.91 bits per heavy atom. The highest BCUT2D eigenvalue weighted by Gasteiger charge is 2.33. The molecule has 0 aliphatic carbocycles. The Balaban J connectivity index is 0.00000264. The summed E-state index contributed by atoms with van der Waals surface area (Å²) in [6, 6.07) is 6.34. The van der Waals surface area contributed by atoms with Gasteiger partial charge in [0.2, 0.25) is 17.7 Å². The smallest absolute Gasteiger partial charge is 0.249 e. The zero-order chi connectivity index (χ0) is 16.1. The second-order valence-corrected chi connectivity index (χ2v) is 5.29. The molecule has 7 nitrogen and oxygen atoms in total. The SMILES string of the molecule is Cl.NCC(=O)NCC(=O)NC1CCN(c2ccc(Cl)cc2)C1=O. The van der Waals surface area contributed by atoms with Gasteiger partial charge in [-0.25, -0.2) is 0 Å². The molecule has 1 aliphatic rings. The van der Waals surface area contributed by atoms with Crippen molar-refractivity contribution in [3.63, 3.8) is 0 Å². The lowest BCUT2D eigenvalue weighted by Crippen LogP contribution is -2.46. The van der Waals surface area contributed by atoms with E-state index in [0.29, 0.717) is 18.0 Å². The van der Waals surface area contributed by atoms with E-state index in [1.54, 1.807) is 29.2 Å². The highest BCUT2D eigenvalue weighted by Crippen LogP contribution is 2.23. The second-order valence-electron chi connectivity index (χ2n) is 4.86. The van der Waals surface area contributed by atoms with Gasteiger partial charge >= 0.3 is 0 Å². The molecule has 2 rings (SSSR count). The van der Waals surface area contributed by atoms with Crippen LogP contribution in [0.2, 0.25) is 5.02 Å². The molecule has 1 heterocycles. The summed E-state index contributed by atoms with van der Waals surface area (Å²) in [4.78, 5) is 36.6.